The van der Waals surface area contributed by atoms with Crippen molar-refractivity contribution in [2.24, 2.45) is 10.9 Å². The molecule has 1 unspecified atom stereocenters. The minimum atomic E-state index is 0.354. The summed E-state index contributed by atoms with van der Waals surface area (Å²) in [6.45, 7) is 7.58. The smallest absolute Gasteiger partial charge is 0.0517 e. The number of allylic oxidation sites excluding steroid dienone is 2. The van der Waals surface area contributed by atoms with Crippen molar-refractivity contribution in [3.05, 3.63) is 22.8 Å². The summed E-state index contributed by atoms with van der Waals surface area (Å²) in [7, 11) is 0. The summed E-state index contributed by atoms with van der Waals surface area (Å²) < 4.78 is 0. The van der Waals surface area contributed by atoms with Crippen molar-refractivity contribution in [2.45, 2.75) is 20.3 Å². The van der Waals surface area contributed by atoms with Crippen LogP contribution in [0.4, 0.5) is 0 Å². The van der Waals surface area contributed by atoms with Crippen LogP contribution in [0.3, 0.4) is 0 Å². The maximum atomic E-state index is 5.89. The van der Waals surface area contributed by atoms with E-state index < -0.39 is 0 Å². The van der Waals surface area contributed by atoms with E-state index in [-0.39, 0.29) is 0 Å². The Morgan fingerprint density at radius 3 is 2.58 bits per heavy atom. The first kappa shape index (κ1) is 11.7. The molecule has 0 aromatic rings. The molecule has 0 aromatic heterocycles. The Kier molecular flexibility index (Phi) is 6.13. The van der Waals surface area contributed by atoms with Crippen LogP contribution in [0.25, 0.3) is 0 Å². The van der Waals surface area contributed by atoms with Gasteiger partial charge in [0.2, 0.25) is 0 Å². The third-order valence-electron chi connectivity index (χ3n) is 1.50. The van der Waals surface area contributed by atoms with Gasteiger partial charge in [-0.05, 0) is 12.3 Å². The minimum Gasteiger partial charge on any atom is -0.262 e. The van der Waals surface area contributed by atoms with Gasteiger partial charge in [0.15, 0.2) is 0 Å². The van der Waals surface area contributed by atoms with E-state index in [2.05, 4.69) is 18.5 Å². The average molecular weight is 206 g/mol. The standard InChI is InChI=1S/C9H13Cl2N/c1-4-7(2)9(11)6-12-5-8(3)10/h5-7H,3-4H2,1-2H3. The van der Waals surface area contributed by atoms with Crippen LogP contribution in [0.1, 0.15) is 20.3 Å². The number of hydrogen-bond acceptors (Lipinski definition) is 1. The van der Waals surface area contributed by atoms with Crippen molar-refractivity contribution in [1.29, 1.82) is 0 Å². The maximum Gasteiger partial charge on any atom is 0.0517 e. The van der Waals surface area contributed by atoms with Crippen molar-refractivity contribution >= 4 is 29.4 Å². The third-order valence-corrected chi connectivity index (χ3v) is 2.06. The highest BCUT2D eigenvalue weighted by molar-refractivity contribution is 6.39. The van der Waals surface area contributed by atoms with Gasteiger partial charge in [-0.25, -0.2) is 0 Å². The van der Waals surface area contributed by atoms with Gasteiger partial charge in [0.25, 0.3) is 0 Å². The fourth-order valence-electron chi connectivity index (χ4n) is 0.512. The molecule has 0 N–H and O–H groups in total. The van der Waals surface area contributed by atoms with E-state index in [4.69, 9.17) is 23.2 Å². The molecule has 0 radical (unpaired) electrons. The molecular formula is C9H13Cl2N. The van der Waals surface area contributed by atoms with Crippen LogP contribution in [0.2, 0.25) is 0 Å². The first-order valence-corrected chi connectivity index (χ1v) is 4.56. The maximum absolute atomic E-state index is 5.89. The molecule has 0 saturated carbocycles. The number of aliphatic imine (C=N–C) groups is 1. The lowest BCUT2D eigenvalue weighted by atomic mass is 10.1. The van der Waals surface area contributed by atoms with Crippen LogP contribution in [0.15, 0.2) is 27.8 Å². The Morgan fingerprint density at radius 2 is 2.17 bits per heavy atom. The molecule has 3 heteroatoms. The summed E-state index contributed by atoms with van der Waals surface area (Å²) >= 11 is 11.3. The topological polar surface area (TPSA) is 12.4 Å². The lowest BCUT2D eigenvalue weighted by molar-refractivity contribution is 0.683. The van der Waals surface area contributed by atoms with E-state index in [0.29, 0.717) is 11.0 Å². The average Bonchev–Trinajstić information content (AvgIpc) is 2.02. The third kappa shape index (κ3) is 5.39. The number of rotatable bonds is 4. The van der Waals surface area contributed by atoms with E-state index in [1.165, 1.54) is 6.21 Å². The van der Waals surface area contributed by atoms with Crippen molar-refractivity contribution in [3.8, 4) is 0 Å². The summed E-state index contributed by atoms with van der Waals surface area (Å²) in [4.78, 5) is 3.89. The summed E-state index contributed by atoms with van der Waals surface area (Å²) in [6, 6.07) is 0. The van der Waals surface area contributed by atoms with Gasteiger partial charge in [0.05, 0.1) is 5.03 Å². The van der Waals surface area contributed by atoms with Gasteiger partial charge in [-0.3, -0.25) is 4.99 Å². The summed E-state index contributed by atoms with van der Waals surface area (Å²) in [5.74, 6) is 0.354. The zero-order valence-electron chi connectivity index (χ0n) is 7.35. The van der Waals surface area contributed by atoms with Crippen LogP contribution in [-0.2, 0) is 0 Å². The van der Waals surface area contributed by atoms with Crippen LogP contribution in [-0.4, -0.2) is 6.21 Å². The molecule has 12 heavy (non-hydrogen) atoms. The van der Waals surface area contributed by atoms with Gasteiger partial charge < -0.3 is 0 Å². The van der Waals surface area contributed by atoms with E-state index in [1.807, 2.05) is 6.92 Å². The molecule has 1 atom stereocenters. The van der Waals surface area contributed by atoms with Crippen LogP contribution in [0, 0.1) is 5.92 Å². The fourth-order valence-corrected chi connectivity index (χ4v) is 0.779. The second kappa shape index (κ2) is 6.27. The molecule has 0 aliphatic carbocycles. The second-order valence-corrected chi connectivity index (χ2v) is 3.47. The Bertz CT molecular complexity index is 207. The largest absolute Gasteiger partial charge is 0.262 e. The van der Waals surface area contributed by atoms with Crippen molar-refractivity contribution in [3.63, 3.8) is 0 Å². The van der Waals surface area contributed by atoms with Crippen LogP contribution in [0.5, 0.6) is 0 Å². The first-order valence-electron chi connectivity index (χ1n) is 3.81. The lowest BCUT2D eigenvalue weighted by Crippen LogP contribution is -1.90. The first-order chi connectivity index (χ1) is 5.57. The second-order valence-electron chi connectivity index (χ2n) is 2.55. The lowest BCUT2D eigenvalue weighted by Gasteiger charge is -2.03. The molecule has 0 bridgehead atoms. The Labute approximate surface area is 83.8 Å². The molecule has 68 valence electrons. The normalized spacial score (nSPS) is 15.2. The number of halogens is 2. The molecule has 0 spiro atoms. The van der Waals surface area contributed by atoms with E-state index in [9.17, 15) is 0 Å². The van der Waals surface area contributed by atoms with Crippen molar-refractivity contribution in [2.75, 3.05) is 0 Å². The Balaban J connectivity index is 4.08. The summed E-state index contributed by atoms with van der Waals surface area (Å²) in [5, 5.41) is 1.14. The van der Waals surface area contributed by atoms with Gasteiger partial charge in [-0.15, -0.1) is 0 Å². The van der Waals surface area contributed by atoms with Crippen molar-refractivity contribution < 1.29 is 0 Å². The molecule has 0 saturated heterocycles. The SMILES string of the molecule is C=C(Cl)C=NC=C(Cl)C(C)CC. The van der Waals surface area contributed by atoms with Gasteiger partial charge in [-0.1, -0.05) is 43.6 Å². The molecule has 1 nitrogen and oxygen atoms in total. The van der Waals surface area contributed by atoms with E-state index in [1.54, 1.807) is 6.20 Å². The van der Waals surface area contributed by atoms with E-state index >= 15 is 0 Å². The molecule has 0 heterocycles. The number of hydrogen-bond donors (Lipinski definition) is 0. The molecular weight excluding hydrogens is 193 g/mol. The van der Waals surface area contributed by atoms with Crippen molar-refractivity contribution in [1.82, 2.24) is 0 Å². The fraction of sp³-hybridized carbons (Fsp3) is 0.444. The Morgan fingerprint density at radius 1 is 1.58 bits per heavy atom. The van der Waals surface area contributed by atoms with Crippen LogP contribution >= 0.6 is 23.2 Å². The quantitative estimate of drug-likeness (QED) is 0.618. The Hall–Kier alpha value is -0.270. The predicted octanol–water partition coefficient (Wildman–Crippen LogP) is 3.94. The monoisotopic (exact) mass is 205 g/mol. The van der Waals surface area contributed by atoms with Gasteiger partial charge >= 0.3 is 0 Å². The molecule has 0 fully saturated rings. The minimum absolute atomic E-state index is 0.354. The van der Waals surface area contributed by atoms with Gasteiger partial charge in [-0.2, -0.15) is 0 Å². The summed E-state index contributed by atoms with van der Waals surface area (Å²) in [6.07, 6.45) is 4.07. The van der Waals surface area contributed by atoms with Gasteiger partial charge in [0.1, 0.15) is 0 Å². The van der Waals surface area contributed by atoms with Gasteiger partial charge in [0, 0.05) is 17.4 Å². The highest BCUT2D eigenvalue weighted by atomic mass is 35.5. The zero-order chi connectivity index (χ0) is 9.56. The van der Waals surface area contributed by atoms with E-state index in [0.717, 1.165) is 11.5 Å². The molecule has 0 aliphatic rings. The molecule has 0 amide bonds. The highest BCUT2D eigenvalue weighted by Gasteiger charge is 2.01. The molecule has 0 aromatic carbocycles. The number of nitrogens with zero attached hydrogens (tertiary/aromatic N) is 1. The molecule has 0 rings (SSSR count). The predicted molar refractivity (Wildman–Crippen MR) is 56.9 cm³/mol. The van der Waals surface area contributed by atoms with Crippen LogP contribution < -0.4 is 0 Å². The summed E-state index contributed by atoms with van der Waals surface area (Å²) in [5.41, 5.74) is 0. The highest BCUT2D eigenvalue weighted by Crippen LogP contribution is 2.17. The zero-order valence-corrected chi connectivity index (χ0v) is 8.86. The molecule has 0 aliphatic heterocycles.